The Morgan fingerprint density at radius 1 is 1.27 bits per heavy atom. The van der Waals surface area contributed by atoms with E-state index in [1.54, 1.807) is 5.57 Å². The van der Waals surface area contributed by atoms with Crippen molar-refractivity contribution in [3.63, 3.8) is 0 Å². The van der Waals surface area contributed by atoms with Gasteiger partial charge in [-0.05, 0) is 37.3 Å². The van der Waals surface area contributed by atoms with E-state index in [9.17, 15) is 0 Å². The Kier molecular flexibility index (Phi) is 2.68. The first kappa shape index (κ1) is 10.5. The summed E-state index contributed by atoms with van der Waals surface area (Å²) in [7, 11) is 0. The number of rotatable bonds is 2. The van der Waals surface area contributed by atoms with Crippen LogP contribution in [0.5, 0.6) is 0 Å². The Hall–Kier alpha value is -1.04. The van der Waals surface area contributed by atoms with Gasteiger partial charge in [-0.2, -0.15) is 0 Å². The quantitative estimate of drug-likeness (QED) is 0.622. The predicted octanol–water partition coefficient (Wildman–Crippen LogP) is 4.37. The van der Waals surface area contributed by atoms with Gasteiger partial charge in [-0.1, -0.05) is 49.3 Å². The van der Waals surface area contributed by atoms with Crippen molar-refractivity contribution < 1.29 is 0 Å². The van der Waals surface area contributed by atoms with Crippen molar-refractivity contribution in [1.82, 2.24) is 0 Å². The lowest BCUT2D eigenvalue weighted by Crippen LogP contribution is -2.15. The van der Waals surface area contributed by atoms with Gasteiger partial charge in [-0.25, -0.2) is 0 Å². The lowest BCUT2D eigenvalue weighted by molar-refractivity contribution is 0.565. The van der Waals surface area contributed by atoms with Gasteiger partial charge < -0.3 is 0 Å². The Morgan fingerprint density at radius 2 is 2.00 bits per heavy atom. The predicted molar refractivity (Wildman–Crippen MR) is 66.2 cm³/mol. The third-order valence-corrected chi connectivity index (χ3v) is 3.67. The Labute approximate surface area is 93.0 Å². The molecule has 1 unspecified atom stereocenters. The summed E-state index contributed by atoms with van der Waals surface area (Å²) < 4.78 is 0. The molecule has 0 saturated heterocycles. The molecule has 0 heteroatoms. The van der Waals surface area contributed by atoms with Crippen molar-refractivity contribution in [3.8, 4) is 0 Å². The highest BCUT2D eigenvalue weighted by Crippen LogP contribution is 2.38. The summed E-state index contributed by atoms with van der Waals surface area (Å²) in [6.45, 7) is 9.05. The highest BCUT2D eigenvalue weighted by Gasteiger charge is 2.23. The molecule has 0 spiro atoms. The molecule has 0 nitrogen and oxygen atoms in total. The number of allylic oxidation sites excluding steroid dienone is 2. The van der Waals surface area contributed by atoms with Crippen molar-refractivity contribution in [2.24, 2.45) is 5.92 Å². The smallest absolute Gasteiger partial charge is 0.00252 e. The van der Waals surface area contributed by atoms with Crippen LogP contribution in [0.15, 0.2) is 29.8 Å². The second-order valence-corrected chi connectivity index (χ2v) is 4.92. The van der Waals surface area contributed by atoms with Crippen molar-refractivity contribution in [1.29, 1.82) is 0 Å². The third kappa shape index (κ3) is 1.86. The first-order valence-electron chi connectivity index (χ1n) is 5.86. The molecule has 0 aliphatic heterocycles. The van der Waals surface area contributed by atoms with E-state index in [-0.39, 0.29) is 0 Å². The summed E-state index contributed by atoms with van der Waals surface area (Å²) in [6, 6.07) is 6.81. The molecule has 0 heterocycles. The lowest BCUT2D eigenvalue weighted by Gasteiger charge is -2.30. The molecule has 0 radical (unpaired) electrons. The molecule has 80 valence electrons. The highest BCUT2D eigenvalue weighted by atomic mass is 14.3. The standard InChI is InChI=1S/C15H20/c1-10-5-7-15(12(3)9-10)13(4)14-8-6-11(14)2/h5,7-9,11,13H,6H2,1-4H3/t11-,13?/m0/s1. The minimum Gasteiger partial charge on any atom is -0.0839 e. The molecule has 2 atom stereocenters. The zero-order chi connectivity index (χ0) is 11.0. The van der Waals surface area contributed by atoms with Crippen LogP contribution >= 0.6 is 0 Å². The molecule has 15 heavy (non-hydrogen) atoms. The molecule has 0 aromatic heterocycles. The fourth-order valence-electron chi connectivity index (χ4n) is 2.58. The molecule has 0 bridgehead atoms. The summed E-state index contributed by atoms with van der Waals surface area (Å²) in [6.07, 6.45) is 3.67. The Balaban J connectivity index is 2.30. The van der Waals surface area contributed by atoms with Gasteiger partial charge in [0.25, 0.3) is 0 Å². The summed E-state index contributed by atoms with van der Waals surface area (Å²) in [5.41, 5.74) is 5.92. The second kappa shape index (κ2) is 3.84. The van der Waals surface area contributed by atoms with Gasteiger partial charge in [-0.3, -0.25) is 0 Å². The average Bonchev–Trinajstić information content (AvgIpc) is 2.15. The number of hydrogen-bond acceptors (Lipinski definition) is 0. The molecule has 0 N–H and O–H groups in total. The van der Waals surface area contributed by atoms with Crippen LogP contribution in [0, 0.1) is 19.8 Å². The van der Waals surface area contributed by atoms with Crippen LogP contribution in [0.4, 0.5) is 0 Å². The molecule has 0 amide bonds. The Bertz CT molecular complexity index is 398. The van der Waals surface area contributed by atoms with E-state index in [0.29, 0.717) is 5.92 Å². The molecular weight excluding hydrogens is 180 g/mol. The van der Waals surface area contributed by atoms with Crippen LogP contribution in [0.2, 0.25) is 0 Å². The van der Waals surface area contributed by atoms with Gasteiger partial charge in [0.1, 0.15) is 0 Å². The fourth-order valence-corrected chi connectivity index (χ4v) is 2.58. The summed E-state index contributed by atoms with van der Waals surface area (Å²) >= 11 is 0. The zero-order valence-electron chi connectivity index (χ0n) is 10.2. The molecule has 2 rings (SSSR count). The highest BCUT2D eigenvalue weighted by molar-refractivity contribution is 5.39. The normalized spacial score (nSPS) is 21.9. The van der Waals surface area contributed by atoms with Crippen molar-refractivity contribution in [3.05, 3.63) is 46.5 Å². The van der Waals surface area contributed by atoms with E-state index in [1.165, 1.54) is 23.1 Å². The third-order valence-electron chi connectivity index (χ3n) is 3.67. The molecule has 1 aliphatic rings. The molecular formula is C15H20. The molecule has 1 aromatic rings. The first-order chi connectivity index (χ1) is 7.09. The number of benzene rings is 1. The first-order valence-corrected chi connectivity index (χ1v) is 5.86. The monoisotopic (exact) mass is 200 g/mol. The summed E-state index contributed by atoms with van der Waals surface area (Å²) in [4.78, 5) is 0. The fraction of sp³-hybridized carbons (Fsp3) is 0.467. The Morgan fingerprint density at radius 3 is 2.47 bits per heavy atom. The van der Waals surface area contributed by atoms with Crippen LogP contribution in [0.1, 0.15) is 42.9 Å². The molecule has 1 aromatic carbocycles. The van der Waals surface area contributed by atoms with Crippen LogP contribution < -0.4 is 0 Å². The maximum absolute atomic E-state index is 2.40. The summed E-state index contributed by atoms with van der Waals surface area (Å²) in [5, 5.41) is 0. The van der Waals surface area contributed by atoms with E-state index in [2.05, 4.69) is 52.0 Å². The number of aryl methyl sites for hydroxylation is 2. The van der Waals surface area contributed by atoms with E-state index < -0.39 is 0 Å². The minimum atomic E-state index is 0.606. The van der Waals surface area contributed by atoms with Crippen LogP contribution in [0.25, 0.3) is 0 Å². The van der Waals surface area contributed by atoms with Gasteiger partial charge in [0.05, 0.1) is 0 Å². The van der Waals surface area contributed by atoms with E-state index in [4.69, 9.17) is 0 Å². The average molecular weight is 200 g/mol. The van der Waals surface area contributed by atoms with Gasteiger partial charge in [0, 0.05) is 5.92 Å². The summed E-state index contributed by atoms with van der Waals surface area (Å²) in [5.74, 6) is 1.40. The minimum absolute atomic E-state index is 0.606. The van der Waals surface area contributed by atoms with E-state index >= 15 is 0 Å². The van der Waals surface area contributed by atoms with Crippen molar-refractivity contribution in [2.75, 3.05) is 0 Å². The van der Waals surface area contributed by atoms with E-state index in [1.807, 2.05) is 0 Å². The van der Waals surface area contributed by atoms with Crippen LogP contribution in [-0.4, -0.2) is 0 Å². The largest absolute Gasteiger partial charge is 0.0839 e. The van der Waals surface area contributed by atoms with Gasteiger partial charge in [0.15, 0.2) is 0 Å². The van der Waals surface area contributed by atoms with Gasteiger partial charge in [0.2, 0.25) is 0 Å². The molecule has 1 aliphatic carbocycles. The van der Waals surface area contributed by atoms with E-state index in [0.717, 1.165) is 5.92 Å². The van der Waals surface area contributed by atoms with Crippen molar-refractivity contribution in [2.45, 2.75) is 40.0 Å². The van der Waals surface area contributed by atoms with Gasteiger partial charge >= 0.3 is 0 Å². The molecule has 0 saturated carbocycles. The second-order valence-electron chi connectivity index (χ2n) is 4.92. The SMILES string of the molecule is Cc1ccc(C(C)C2=CC[C@@H]2C)c(C)c1. The molecule has 0 fully saturated rings. The zero-order valence-corrected chi connectivity index (χ0v) is 10.2. The van der Waals surface area contributed by atoms with Crippen LogP contribution in [0.3, 0.4) is 0 Å². The van der Waals surface area contributed by atoms with Crippen LogP contribution in [-0.2, 0) is 0 Å². The topological polar surface area (TPSA) is 0 Å². The maximum Gasteiger partial charge on any atom is 0.00252 e. The van der Waals surface area contributed by atoms with Gasteiger partial charge in [-0.15, -0.1) is 0 Å². The number of hydrogen-bond donors (Lipinski definition) is 0. The van der Waals surface area contributed by atoms with Crippen molar-refractivity contribution >= 4 is 0 Å². The maximum atomic E-state index is 2.40. The lowest BCUT2D eigenvalue weighted by atomic mass is 9.75.